The second-order valence-corrected chi connectivity index (χ2v) is 15.9. The first-order chi connectivity index (χ1) is 25.5. The van der Waals surface area contributed by atoms with Gasteiger partial charge < -0.3 is 18.9 Å². The van der Waals surface area contributed by atoms with E-state index in [0.29, 0.717) is 11.8 Å². The number of benzene rings is 3. The van der Waals surface area contributed by atoms with E-state index >= 15 is 0 Å². The third-order valence-corrected chi connectivity index (χ3v) is 11.7. The van der Waals surface area contributed by atoms with Gasteiger partial charge in [-0.1, -0.05) is 164 Å². The van der Waals surface area contributed by atoms with Crippen LogP contribution in [0.1, 0.15) is 142 Å². The maximum atomic E-state index is 6.29. The van der Waals surface area contributed by atoms with E-state index in [4.69, 9.17) is 18.9 Å². The quantitative estimate of drug-likeness (QED) is 0.0973. The van der Waals surface area contributed by atoms with Gasteiger partial charge in [-0.15, -0.1) is 0 Å². The highest BCUT2D eigenvalue weighted by Crippen LogP contribution is 2.29. The Morgan fingerprint density at radius 3 is 1.10 bits per heavy atom. The van der Waals surface area contributed by atoms with Crippen molar-refractivity contribution in [3.8, 4) is 22.3 Å². The fraction of sp³-hybridized carbons (Fsp3) is 0.625. The summed E-state index contributed by atoms with van der Waals surface area (Å²) in [6, 6.07) is 27.0. The van der Waals surface area contributed by atoms with Crippen LogP contribution in [-0.2, 0) is 31.8 Å². The molecule has 0 spiro atoms. The predicted molar refractivity (Wildman–Crippen MR) is 217 cm³/mol. The number of rotatable bonds is 22. The largest absolute Gasteiger partial charge is 0.352 e. The summed E-state index contributed by atoms with van der Waals surface area (Å²) in [6.45, 7) is 10.7. The lowest BCUT2D eigenvalue weighted by molar-refractivity contribution is -0.234. The molecule has 0 aliphatic carbocycles. The standard InChI is InChI=1S/C48H70O4/c1-5-7-9-11-13-15-17-45-35-49-47(51-37(45)3)33-23-39-19-25-41(26-20-39)43-29-31-44(32-30-43)42-27-21-40(22-28-42)24-34-48-50-36-46(38(4)52-48)18-16-14-12-10-8-6-2/h19-22,25-32,37-38,45-48H,5-18,23-24,33-36H2,1-4H3. The molecule has 2 saturated heterocycles. The Kier molecular flexibility index (Phi) is 17.7. The Labute approximate surface area is 317 Å². The number of hydrogen-bond acceptors (Lipinski definition) is 4. The summed E-state index contributed by atoms with van der Waals surface area (Å²) in [5.41, 5.74) is 7.64. The van der Waals surface area contributed by atoms with Gasteiger partial charge in [-0.05, 0) is 72.9 Å². The molecular weight excluding hydrogens is 641 g/mol. The minimum Gasteiger partial charge on any atom is -0.352 e. The van der Waals surface area contributed by atoms with Crippen LogP contribution in [0.5, 0.6) is 0 Å². The zero-order valence-corrected chi connectivity index (χ0v) is 33.2. The average molecular weight is 711 g/mol. The molecule has 0 N–H and O–H groups in total. The van der Waals surface area contributed by atoms with Crippen molar-refractivity contribution in [2.75, 3.05) is 13.2 Å². The van der Waals surface area contributed by atoms with E-state index in [1.54, 1.807) is 0 Å². The van der Waals surface area contributed by atoms with Crippen molar-refractivity contribution in [1.82, 2.24) is 0 Å². The summed E-state index contributed by atoms with van der Waals surface area (Å²) >= 11 is 0. The molecule has 3 aromatic carbocycles. The molecular formula is C48H70O4. The molecule has 0 saturated carbocycles. The number of aryl methyl sites for hydroxylation is 2. The smallest absolute Gasteiger partial charge is 0.158 e. The molecule has 6 atom stereocenters. The maximum absolute atomic E-state index is 6.29. The normalized spacial score (nSPS) is 23.5. The van der Waals surface area contributed by atoms with Gasteiger partial charge in [0.15, 0.2) is 12.6 Å². The summed E-state index contributed by atoms with van der Waals surface area (Å²) in [5.74, 6) is 1.07. The number of ether oxygens (including phenoxy) is 4. The van der Waals surface area contributed by atoms with Crippen molar-refractivity contribution < 1.29 is 18.9 Å². The monoisotopic (exact) mass is 711 g/mol. The van der Waals surface area contributed by atoms with Crippen LogP contribution in [0, 0.1) is 11.8 Å². The van der Waals surface area contributed by atoms with Gasteiger partial charge in [-0.25, -0.2) is 0 Å². The topological polar surface area (TPSA) is 36.9 Å². The second-order valence-electron chi connectivity index (χ2n) is 15.9. The first-order valence-electron chi connectivity index (χ1n) is 21.3. The molecule has 0 bridgehead atoms. The van der Waals surface area contributed by atoms with Gasteiger partial charge in [0.05, 0.1) is 25.4 Å². The Morgan fingerprint density at radius 1 is 0.423 bits per heavy atom. The van der Waals surface area contributed by atoms with Crippen LogP contribution >= 0.6 is 0 Å². The van der Waals surface area contributed by atoms with Gasteiger partial charge in [0, 0.05) is 24.7 Å². The van der Waals surface area contributed by atoms with Crippen molar-refractivity contribution in [1.29, 1.82) is 0 Å². The summed E-state index contributed by atoms with van der Waals surface area (Å²) < 4.78 is 24.9. The van der Waals surface area contributed by atoms with E-state index in [2.05, 4.69) is 100 Å². The molecule has 286 valence electrons. The van der Waals surface area contributed by atoms with Gasteiger partial charge in [0.1, 0.15) is 0 Å². The highest BCUT2D eigenvalue weighted by molar-refractivity contribution is 5.70. The van der Waals surface area contributed by atoms with Gasteiger partial charge in [0.2, 0.25) is 0 Å². The van der Waals surface area contributed by atoms with Crippen LogP contribution < -0.4 is 0 Å². The molecule has 2 aliphatic heterocycles. The van der Waals surface area contributed by atoms with Crippen LogP contribution in [0.25, 0.3) is 22.3 Å². The zero-order valence-electron chi connectivity index (χ0n) is 33.2. The van der Waals surface area contributed by atoms with Crippen LogP contribution in [0.4, 0.5) is 0 Å². The lowest BCUT2D eigenvalue weighted by atomic mass is 9.95. The molecule has 0 radical (unpaired) electrons. The molecule has 2 fully saturated rings. The maximum Gasteiger partial charge on any atom is 0.158 e. The highest BCUT2D eigenvalue weighted by Gasteiger charge is 2.29. The van der Waals surface area contributed by atoms with E-state index in [-0.39, 0.29) is 24.8 Å². The molecule has 0 amide bonds. The molecule has 4 heteroatoms. The fourth-order valence-electron chi connectivity index (χ4n) is 7.98. The Bertz CT molecular complexity index is 1260. The summed E-state index contributed by atoms with van der Waals surface area (Å²) in [7, 11) is 0. The SMILES string of the molecule is CCCCCCCCC1COC(CCc2ccc(-c3ccc(-c4ccc(CCC5OCC(CCCCCCCC)C(C)O5)cc4)cc3)cc2)OC1C. The van der Waals surface area contributed by atoms with Crippen LogP contribution in [-0.4, -0.2) is 38.0 Å². The van der Waals surface area contributed by atoms with Gasteiger partial charge in [0.25, 0.3) is 0 Å². The zero-order chi connectivity index (χ0) is 36.4. The van der Waals surface area contributed by atoms with Crippen LogP contribution in [0.15, 0.2) is 72.8 Å². The minimum absolute atomic E-state index is 0.0895. The lowest BCUT2D eigenvalue weighted by Gasteiger charge is -2.35. The molecule has 4 nitrogen and oxygen atoms in total. The van der Waals surface area contributed by atoms with Crippen LogP contribution in [0.3, 0.4) is 0 Å². The molecule has 0 aromatic heterocycles. The van der Waals surface area contributed by atoms with E-state index < -0.39 is 0 Å². The Morgan fingerprint density at radius 2 is 0.750 bits per heavy atom. The average Bonchev–Trinajstić information content (AvgIpc) is 3.17. The molecule has 5 rings (SSSR count). The fourth-order valence-corrected chi connectivity index (χ4v) is 7.98. The predicted octanol–water partition coefficient (Wildman–Crippen LogP) is 13.1. The van der Waals surface area contributed by atoms with E-state index in [1.807, 2.05) is 0 Å². The Balaban J connectivity index is 0.989. The van der Waals surface area contributed by atoms with Crippen LogP contribution in [0.2, 0.25) is 0 Å². The van der Waals surface area contributed by atoms with Crippen molar-refractivity contribution in [2.45, 2.75) is 168 Å². The van der Waals surface area contributed by atoms with Crippen molar-refractivity contribution in [3.63, 3.8) is 0 Å². The summed E-state index contributed by atoms with van der Waals surface area (Å²) in [6.07, 6.45) is 22.7. The van der Waals surface area contributed by atoms with E-state index in [0.717, 1.165) is 38.9 Å². The van der Waals surface area contributed by atoms with Crippen molar-refractivity contribution in [2.24, 2.45) is 11.8 Å². The number of unbranched alkanes of at least 4 members (excludes halogenated alkanes) is 10. The van der Waals surface area contributed by atoms with E-state index in [1.165, 1.54) is 123 Å². The summed E-state index contributed by atoms with van der Waals surface area (Å²) in [4.78, 5) is 0. The molecule has 6 unspecified atom stereocenters. The third-order valence-electron chi connectivity index (χ3n) is 11.7. The first-order valence-corrected chi connectivity index (χ1v) is 21.3. The molecule has 52 heavy (non-hydrogen) atoms. The van der Waals surface area contributed by atoms with Gasteiger partial charge >= 0.3 is 0 Å². The first kappa shape index (κ1) is 40.7. The summed E-state index contributed by atoms with van der Waals surface area (Å²) in [5, 5.41) is 0. The minimum atomic E-state index is -0.0895. The third kappa shape index (κ3) is 13.4. The highest BCUT2D eigenvalue weighted by atomic mass is 16.7. The lowest BCUT2D eigenvalue weighted by Crippen LogP contribution is -2.38. The molecule has 3 aromatic rings. The van der Waals surface area contributed by atoms with Crippen molar-refractivity contribution in [3.05, 3.63) is 83.9 Å². The van der Waals surface area contributed by atoms with Gasteiger partial charge in [-0.2, -0.15) is 0 Å². The number of hydrogen-bond donors (Lipinski definition) is 0. The van der Waals surface area contributed by atoms with Gasteiger partial charge in [-0.3, -0.25) is 0 Å². The molecule has 2 heterocycles. The molecule has 2 aliphatic rings. The van der Waals surface area contributed by atoms with E-state index in [9.17, 15) is 0 Å². The second kappa shape index (κ2) is 22.7. The van der Waals surface area contributed by atoms with Crippen molar-refractivity contribution >= 4 is 0 Å². The Hall–Kier alpha value is -2.50.